The molecule has 1 aromatic heterocycles. The van der Waals surface area contributed by atoms with E-state index in [0.29, 0.717) is 16.9 Å². The Morgan fingerprint density at radius 2 is 1.83 bits per heavy atom. The molecule has 6 nitrogen and oxygen atoms in total. The predicted molar refractivity (Wildman–Crippen MR) is 91.7 cm³/mol. The Kier molecular flexibility index (Phi) is 4.44. The number of carbonyl (C=O) groups excluding carboxylic acids is 3. The molecule has 0 atom stereocenters. The van der Waals surface area contributed by atoms with E-state index in [4.69, 9.17) is 0 Å². The zero-order valence-electron chi connectivity index (χ0n) is 12.9. The van der Waals surface area contributed by atoms with Gasteiger partial charge in [0.15, 0.2) is 0 Å². The third-order valence-electron chi connectivity index (χ3n) is 3.76. The smallest absolute Gasteiger partial charge is 0.261 e. The van der Waals surface area contributed by atoms with Crippen LogP contribution in [0, 0.1) is 6.92 Å². The number of halogens is 1. The lowest BCUT2D eigenvalue weighted by atomic mass is 10.1. The van der Waals surface area contributed by atoms with Crippen molar-refractivity contribution in [2.75, 3.05) is 11.9 Å². The van der Waals surface area contributed by atoms with Crippen molar-refractivity contribution in [3.8, 4) is 0 Å². The van der Waals surface area contributed by atoms with Gasteiger partial charge in [-0.2, -0.15) is 0 Å². The number of benzene rings is 1. The van der Waals surface area contributed by atoms with Gasteiger partial charge in [-0.25, -0.2) is 4.98 Å². The number of aryl methyl sites for hydroxylation is 1. The average Bonchev–Trinajstić information content (AvgIpc) is 2.81. The van der Waals surface area contributed by atoms with Gasteiger partial charge in [-0.05, 0) is 46.6 Å². The van der Waals surface area contributed by atoms with Crippen LogP contribution in [0.4, 0.5) is 5.82 Å². The maximum absolute atomic E-state index is 12.2. The zero-order chi connectivity index (χ0) is 17.3. The number of pyridine rings is 1. The van der Waals surface area contributed by atoms with Crippen LogP contribution in [0.15, 0.2) is 41.0 Å². The van der Waals surface area contributed by atoms with Crippen molar-refractivity contribution in [1.82, 2.24) is 9.88 Å². The van der Waals surface area contributed by atoms with Gasteiger partial charge in [-0.1, -0.05) is 12.1 Å². The van der Waals surface area contributed by atoms with Crippen LogP contribution in [0.1, 0.15) is 32.7 Å². The first-order chi connectivity index (χ1) is 11.5. The summed E-state index contributed by atoms with van der Waals surface area (Å²) in [5.41, 5.74) is 1.71. The Labute approximate surface area is 147 Å². The van der Waals surface area contributed by atoms with Gasteiger partial charge in [-0.3, -0.25) is 19.3 Å². The SMILES string of the molecule is Cc1cc(NC(=O)CCN2C(=O)c3ccccc3C2=O)ncc1Br. The summed E-state index contributed by atoms with van der Waals surface area (Å²) < 4.78 is 0.853. The lowest BCUT2D eigenvalue weighted by molar-refractivity contribution is -0.116. The number of carbonyl (C=O) groups is 3. The molecule has 0 spiro atoms. The summed E-state index contributed by atoms with van der Waals surface area (Å²) in [6.07, 6.45) is 1.62. The van der Waals surface area contributed by atoms with E-state index in [2.05, 4.69) is 26.2 Å². The van der Waals surface area contributed by atoms with Crippen molar-refractivity contribution >= 4 is 39.5 Å². The number of imide groups is 1. The van der Waals surface area contributed by atoms with Gasteiger partial charge in [0.05, 0.1) is 11.1 Å². The van der Waals surface area contributed by atoms with E-state index in [1.807, 2.05) is 6.92 Å². The summed E-state index contributed by atoms with van der Waals surface area (Å²) >= 11 is 3.34. The number of nitrogens with one attached hydrogen (secondary N) is 1. The fourth-order valence-electron chi connectivity index (χ4n) is 2.47. The lowest BCUT2D eigenvalue weighted by Gasteiger charge is -2.13. The monoisotopic (exact) mass is 387 g/mol. The van der Waals surface area contributed by atoms with Gasteiger partial charge < -0.3 is 5.32 Å². The maximum atomic E-state index is 12.2. The van der Waals surface area contributed by atoms with Crippen molar-refractivity contribution < 1.29 is 14.4 Å². The normalized spacial score (nSPS) is 13.2. The molecular weight excluding hydrogens is 374 g/mol. The molecule has 0 unspecified atom stereocenters. The van der Waals surface area contributed by atoms with Crippen LogP contribution < -0.4 is 5.32 Å². The van der Waals surface area contributed by atoms with E-state index in [1.54, 1.807) is 36.5 Å². The molecule has 0 radical (unpaired) electrons. The van der Waals surface area contributed by atoms with Gasteiger partial charge in [0.2, 0.25) is 5.91 Å². The predicted octanol–water partition coefficient (Wildman–Crippen LogP) is 2.78. The summed E-state index contributed by atoms with van der Waals surface area (Å²) in [6.45, 7) is 1.92. The summed E-state index contributed by atoms with van der Waals surface area (Å²) in [5, 5.41) is 2.66. The standard InChI is InChI=1S/C17H14BrN3O3/c1-10-8-14(19-9-13(10)18)20-15(22)6-7-21-16(23)11-4-2-3-5-12(11)17(21)24/h2-5,8-9H,6-7H2,1H3,(H,19,20,22). The van der Waals surface area contributed by atoms with Crippen molar-refractivity contribution in [1.29, 1.82) is 0 Å². The summed E-state index contributed by atoms with van der Waals surface area (Å²) in [6, 6.07) is 8.39. The van der Waals surface area contributed by atoms with Gasteiger partial charge >= 0.3 is 0 Å². The molecule has 24 heavy (non-hydrogen) atoms. The third-order valence-corrected chi connectivity index (χ3v) is 4.59. The van der Waals surface area contributed by atoms with Crippen molar-refractivity contribution in [3.05, 3.63) is 57.7 Å². The summed E-state index contributed by atoms with van der Waals surface area (Å²) in [7, 11) is 0. The number of aromatic nitrogens is 1. The highest BCUT2D eigenvalue weighted by Gasteiger charge is 2.34. The van der Waals surface area contributed by atoms with Crippen LogP contribution in [0.3, 0.4) is 0 Å². The van der Waals surface area contributed by atoms with E-state index < -0.39 is 0 Å². The number of nitrogens with zero attached hydrogens (tertiary/aromatic N) is 2. The van der Waals surface area contributed by atoms with Crippen molar-refractivity contribution in [3.63, 3.8) is 0 Å². The molecule has 0 saturated carbocycles. The van der Waals surface area contributed by atoms with E-state index in [9.17, 15) is 14.4 Å². The molecule has 7 heteroatoms. The Hall–Kier alpha value is -2.54. The van der Waals surface area contributed by atoms with Gasteiger partial charge in [-0.15, -0.1) is 0 Å². The molecule has 0 aliphatic carbocycles. The Morgan fingerprint density at radius 3 is 2.42 bits per heavy atom. The Balaban J connectivity index is 1.62. The third kappa shape index (κ3) is 3.07. The number of hydrogen-bond acceptors (Lipinski definition) is 4. The second-order valence-corrected chi connectivity index (χ2v) is 6.28. The van der Waals surface area contributed by atoms with Crippen LogP contribution in [0.2, 0.25) is 0 Å². The van der Waals surface area contributed by atoms with E-state index in [-0.39, 0.29) is 30.7 Å². The number of rotatable bonds is 4. The van der Waals surface area contributed by atoms with Crippen LogP contribution in [0.5, 0.6) is 0 Å². The van der Waals surface area contributed by atoms with Crippen LogP contribution in [-0.4, -0.2) is 34.2 Å². The van der Waals surface area contributed by atoms with Crippen molar-refractivity contribution in [2.45, 2.75) is 13.3 Å². The maximum Gasteiger partial charge on any atom is 0.261 e. The fraction of sp³-hybridized carbons (Fsp3) is 0.176. The molecule has 0 fully saturated rings. The Morgan fingerprint density at radius 1 is 1.21 bits per heavy atom. The number of fused-ring (bicyclic) bond motifs is 1. The van der Waals surface area contributed by atoms with Crippen LogP contribution >= 0.6 is 15.9 Å². The van der Waals surface area contributed by atoms with Crippen LogP contribution in [-0.2, 0) is 4.79 Å². The number of amides is 3. The van der Waals surface area contributed by atoms with Crippen molar-refractivity contribution in [2.24, 2.45) is 0 Å². The minimum Gasteiger partial charge on any atom is -0.311 e. The molecule has 1 aliphatic rings. The largest absolute Gasteiger partial charge is 0.311 e. The second kappa shape index (κ2) is 6.52. The molecule has 2 heterocycles. The second-order valence-electron chi connectivity index (χ2n) is 5.42. The Bertz CT molecular complexity index is 816. The summed E-state index contributed by atoms with van der Waals surface area (Å²) in [5.74, 6) is -0.592. The molecule has 0 saturated heterocycles. The molecule has 2 aromatic rings. The molecule has 122 valence electrons. The highest BCUT2D eigenvalue weighted by atomic mass is 79.9. The van der Waals surface area contributed by atoms with E-state index in [0.717, 1.165) is 14.9 Å². The quantitative estimate of drug-likeness (QED) is 0.817. The number of anilines is 1. The molecule has 0 bridgehead atoms. The van der Waals surface area contributed by atoms with Gasteiger partial charge in [0, 0.05) is 23.6 Å². The highest BCUT2D eigenvalue weighted by Crippen LogP contribution is 2.22. The lowest BCUT2D eigenvalue weighted by Crippen LogP contribution is -2.32. The molecule has 1 N–H and O–H groups in total. The van der Waals surface area contributed by atoms with Crippen LogP contribution in [0.25, 0.3) is 0 Å². The van der Waals surface area contributed by atoms with E-state index in [1.165, 1.54) is 0 Å². The minimum absolute atomic E-state index is 0.0161. The number of hydrogen-bond donors (Lipinski definition) is 1. The first-order valence-electron chi connectivity index (χ1n) is 7.34. The average molecular weight is 388 g/mol. The molecule has 1 aromatic carbocycles. The highest BCUT2D eigenvalue weighted by molar-refractivity contribution is 9.10. The minimum atomic E-state index is -0.360. The van der Waals surface area contributed by atoms with E-state index >= 15 is 0 Å². The molecule has 3 rings (SSSR count). The molecular formula is C17H14BrN3O3. The zero-order valence-corrected chi connectivity index (χ0v) is 14.5. The molecule has 1 aliphatic heterocycles. The first kappa shape index (κ1) is 16.3. The summed E-state index contributed by atoms with van der Waals surface area (Å²) in [4.78, 5) is 41.7. The topological polar surface area (TPSA) is 79.4 Å². The van der Waals surface area contributed by atoms with Gasteiger partial charge in [0.25, 0.3) is 11.8 Å². The molecule has 3 amide bonds. The first-order valence-corrected chi connectivity index (χ1v) is 8.14. The fourth-order valence-corrected chi connectivity index (χ4v) is 2.69. The van der Waals surface area contributed by atoms with Gasteiger partial charge in [0.1, 0.15) is 5.82 Å².